The van der Waals surface area contributed by atoms with Crippen LogP contribution >= 0.6 is 0 Å². The Morgan fingerprint density at radius 2 is 1.56 bits per heavy atom. The third-order valence-electron chi connectivity index (χ3n) is 7.21. The maximum Gasteiger partial charge on any atom is 0.416 e. The summed E-state index contributed by atoms with van der Waals surface area (Å²) in [4.78, 5) is 28.6. The fourth-order valence-corrected chi connectivity index (χ4v) is 9.22. The SMILES string of the molecule is CS(=O)(=O)N(c1cccc(S(=O)(=O)NC(=O)c2c(-c3ccc[nH]c3=O)c3cc(C(F)(F)F)ccc3n2Cc2ccc(F)cc2F)c1)S(C)(=O)=O. The van der Waals surface area contributed by atoms with Crippen molar-refractivity contribution in [2.75, 3.05) is 16.2 Å². The van der Waals surface area contributed by atoms with Crippen LogP contribution in [0.2, 0.25) is 0 Å². The number of alkyl halides is 3. The lowest BCUT2D eigenvalue weighted by atomic mass is 10.0. The van der Waals surface area contributed by atoms with E-state index in [4.69, 9.17) is 0 Å². The molecule has 0 unspecified atom stereocenters. The molecular formula is C30H23F5N4O8S3. The van der Waals surface area contributed by atoms with E-state index < -0.39 is 93.3 Å². The molecule has 50 heavy (non-hydrogen) atoms. The minimum Gasteiger partial charge on any atom is -0.331 e. The van der Waals surface area contributed by atoms with E-state index in [1.807, 2.05) is 0 Å². The zero-order valence-electron chi connectivity index (χ0n) is 25.5. The van der Waals surface area contributed by atoms with Gasteiger partial charge in [-0.3, -0.25) is 9.59 Å². The number of nitrogens with one attached hydrogen (secondary N) is 2. The lowest BCUT2D eigenvalue weighted by Gasteiger charge is -2.20. The highest BCUT2D eigenvalue weighted by Crippen LogP contribution is 2.39. The molecule has 3 aromatic carbocycles. The van der Waals surface area contributed by atoms with Crippen LogP contribution in [0.4, 0.5) is 27.6 Å². The summed E-state index contributed by atoms with van der Waals surface area (Å²) in [5, 5.41) is -0.361. The Bertz CT molecular complexity index is 2550. The van der Waals surface area contributed by atoms with Crippen LogP contribution in [0.3, 0.4) is 0 Å². The second-order valence-electron chi connectivity index (χ2n) is 10.8. The lowest BCUT2D eigenvalue weighted by molar-refractivity contribution is -0.137. The minimum absolute atomic E-state index is 0.0476. The molecule has 0 aliphatic rings. The maximum absolute atomic E-state index is 14.9. The summed E-state index contributed by atoms with van der Waals surface area (Å²) in [6.45, 7) is -0.672. The number of carbonyl (C=O) groups excluding carboxylic acids is 1. The predicted molar refractivity (Wildman–Crippen MR) is 172 cm³/mol. The summed E-state index contributed by atoms with van der Waals surface area (Å²) in [6.07, 6.45) is -2.62. The van der Waals surface area contributed by atoms with Gasteiger partial charge in [0.2, 0.25) is 20.0 Å². The van der Waals surface area contributed by atoms with Crippen LogP contribution in [0.15, 0.2) is 88.7 Å². The molecule has 1 amide bonds. The first-order valence-corrected chi connectivity index (χ1v) is 19.0. The Hall–Kier alpha value is -5.08. The zero-order chi connectivity index (χ0) is 37.0. The van der Waals surface area contributed by atoms with Gasteiger partial charge in [0.15, 0.2) is 0 Å². The summed E-state index contributed by atoms with van der Waals surface area (Å²) in [5.41, 5.74) is -4.78. The molecule has 0 fully saturated rings. The first-order chi connectivity index (χ1) is 23.1. The van der Waals surface area contributed by atoms with E-state index in [-0.39, 0.29) is 25.7 Å². The van der Waals surface area contributed by atoms with E-state index in [9.17, 15) is 56.8 Å². The number of fused-ring (bicyclic) bond motifs is 1. The Labute approximate surface area is 280 Å². The van der Waals surface area contributed by atoms with Crippen molar-refractivity contribution >= 4 is 52.6 Å². The summed E-state index contributed by atoms with van der Waals surface area (Å²) in [6, 6.07) is 10.5. The van der Waals surface area contributed by atoms with E-state index in [1.165, 1.54) is 12.3 Å². The molecule has 2 aromatic heterocycles. The van der Waals surface area contributed by atoms with Gasteiger partial charge in [0.05, 0.1) is 35.2 Å². The number of sulfonamides is 3. The van der Waals surface area contributed by atoms with Crippen molar-refractivity contribution in [3.8, 4) is 11.1 Å². The van der Waals surface area contributed by atoms with Crippen LogP contribution in [0, 0.1) is 11.6 Å². The van der Waals surface area contributed by atoms with Crippen LogP contribution in [0.5, 0.6) is 0 Å². The van der Waals surface area contributed by atoms with E-state index in [0.717, 1.165) is 47.0 Å². The highest BCUT2D eigenvalue weighted by molar-refractivity contribution is 8.09. The molecule has 0 saturated heterocycles. The monoisotopic (exact) mass is 758 g/mol. The Kier molecular flexibility index (Phi) is 9.17. The molecular weight excluding hydrogens is 736 g/mol. The van der Waals surface area contributed by atoms with Gasteiger partial charge in [-0.15, -0.1) is 0 Å². The van der Waals surface area contributed by atoms with Crippen molar-refractivity contribution in [1.29, 1.82) is 0 Å². The number of benzene rings is 3. The van der Waals surface area contributed by atoms with Crippen LogP contribution in [0.25, 0.3) is 22.0 Å². The van der Waals surface area contributed by atoms with Crippen molar-refractivity contribution in [3.63, 3.8) is 0 Å². The third kappa shape index (κ3) is 7.12. The van der Waals surface area contributed by atoms with Crippen molar-refractivity contribution in [3.05, 3.63) is 118 Å². The van der Waals surface area contributed by atoms with Crippen molar-refractivity contribution in [1.82, 2.24) is 14.3 Å². The molecule has 0 aliphatic carbocycles. The highest BCUT2D eigenvalue weighted by atomic mass is 32.3. The average Bonchev–Trinajstić information content (AvgIpc) is 3.30. The van der Waals surface area contributed by atoms with Crippen molar-refractivity contribution in [2.45, 2.75) is 17.6 Å². The second kappa shape index (κ2) is 12.7. The van der Waals surface area contributed by atoms with Crippen LogP contribution in [-0.2, 0) is 42.8 Å². The molecule has 0 atom stereocenters. The van der Waals surface area contributed by atoms with Crippen LogP contribution in [0.1, 0.15) is 21.6 Å². The van der Waals surface area contributed by atoms with Crippen molar-refractivity contribution < 1.29 is 52.0 Å². The fraction of sp³-hybridized carbons (Fsp3) is 0.133. The number of carbonyl (C=O) groups is 1. The number of nitrogens with zero attached hydrogens (tertiary/aromatic N) is 2. The van der Waals surface area contributed by atoms with Gasteiger partial charge in [-0.25, -0.2) is 38.8 Å². The largest absolute Gasteiger partial charge is 0.416 e. The molecule has 264 valence electrons. The van der Waals surface area contributed by atoms with Gasteiger partial charge < -0.3 is 9.55 Å². The zero-order valence-corrected chi connectivity index (χ0v) is 27.9. The first kappa shape index (κ1) is 36.2. The number of rotatable bonds is 9. The molecule has 0 radical (unpaired) electrons. The highest BCUT2D eigenvalue weighted by Gasteiger charge is 2.35. The number of hydrogen-bond donors (Lipinski definition) is 2. The normalized spacial score (nSPS) is 12.6. The second-order valence-corrected chi connectivity index (χ2v) is 16.4. The molecule has 0 bridgehead atoms. The molecule has 2 N–H and O–H groups in total. The van der Waals surface area contributed by atoms with Gasteiger partial charge >= 0.3 is 6.18 Å². The Morgan fingerprint density at radius 3 is 2.16 bits per heavy atom. The Balaban J connectivity index is 1.76. The number of pyridine rings is 1. The summed E-state index contributed by atoms with van der Waals surface area (Å²) in [5.74, 6) is -3.62. The summed E-state index contributed by atoms with van der Waals surface area (Å²) < 4.78 is 149. The quantitative estimate of drug-likeness (QED) is 0.211. The average molecular weight is 759 g/mol. The number of hydrogen-bond acceptors (Lipinski definition) is 8. The molecule has 5 rings (SSSR count). The first-order valence-electron chi connectivity index (χ1n) is 13.8. The van der Waals surface area contributed by atoms with Gasteiger partial charge in [-0.1, -0.05) is 12.1 Å². The summed E-state index contributed by atoms with van der Waals surface area (Å²) in [7, 11) is -14.1. The van der Waals surface area contributed by atoms with Gasteiger partial charge in [0.1, 0.15) is 17.3 Å². The maximum atomic E-state index is 14.9. The van der Waals surface area contributed by atoms with Gasteiger partial charge in [0, 0.05) is 39.9 Å². The molecule has 2 heterocycles. The predicted octanol–water partition coefficient (Wildman–Crippen LogP) is 4.19. The van der Waals surface area contributed by atoms with Crippen LogP contribution < -0.4 is 14.0 Å². The number of halogens is 5. The number of aromatic amines is 1. The Morgan fingerprint density at radius 1 is 0.880 bits per heavy atom. The van der Waals surface area contributed by atoms with E-state index in [2.05, 4.69) is 4.98 Å². The fourth-order valence-electron chi connectivity index (χ4n) is 5.27. The minimum atomic E-state index is -5.05. The molecule has 0 saturated carbocycles. The van der Waals surface area contributed by atoms with E-state index in [1.54, 1.807) is 4.72 Å². The topological polar surface area (TPSA) is 173 Å². The number of aromatic nitrogens is 2. The third-order valence-corrected chi connectivity index (χ3v) is 11.8. The number of H-pyrrole nitrogens is 1. The molecule has 0 aliphatic heterocycles. The summed E-state index contributed by atoms with van der Waals surface area (Å²) >= 11 is 0. The molecule has 0 spiro atoms. The molecule has 5 aromatic rings. The van der Waals surface area contributed by atoms with Gasteiger partial charge in [0.25, 0.3) is 21.5 Å². The number of amides is 1. The molecule has 12 nitrogen and oxygen atoms in total. The number of anilines is 1. The van der Waals surface area contributed by atoms with Gasteiger partial charge in [-0.05, 0) is 54.6 Å². The molecule has 20 heteroatoms. The van der Waals surface area contributed by atoms with Gasteiger partial charge in [-0.2, -0.15) is 16.9 Å². The lowest BCUT2D eigenvalue weighted by Crippen LogP contribution is -2.36. The van der Waals surface area contributed by atoms with Crippen LogP contribution in [-0.4, -0.2) is 53.2 Å². The standard InChI is InChI=1S/C30H23F5N4O8S3/c1-48(42,43)39(49(2,44)45)20-5-3-6-21(15-20)50(46,47)37-29(41)27-26(22-7-4-12-36-28(22)40)23-13-18(30(33,34)35)9-11-25(23)38(27)16-17-8-10-19(31)14-24(17)32/h3-15H,16H2,1-2H3,(H,36,40)(H,37,41). The van der Waals surface area contributed by atoms with E-state index >= 15 is 0 Å². The van der Waals surface area contributed by atoms with Crippen molar-refractivity contribution in [2.24, 2.45) is 0 Å². The smallest absolute Gasteiger partial charge is 0.331 e. The van der Waals surface area contributed by atoms with E-state index in [0.29, 0.717) is 36.8 Å².